The molecule has 2 amide bonds. The Hall–Kier alpha value is -2.82. The average molecular weight is 352 g/mol. The first-order chi connectivity index (χ1) is 12.6. The number of rotatable bonds is 6. The molecule has 2 aromatic rings. The molecular weight excluding hydrogens is 328 g/mol. The highest BCUT2D eigenvalue weighted by Gasteiger charge is 2.18. The third kappa shape index (κ3) is 4.85. The van der Waals surface area contributed by atoms with E-state index in [2.05, 4.69) is 10.6 Å². The van der Waals surface area contributed by atoms with Gasteiger partial charge in [0.15, 0.2) is 0 Å². The van der Waals surface area contributed by atoms with Gasteiger partial charge in [0.1, 0.15) is 11.8 Å². The van der Waals surface area contributed by atoms with Crippen LogP contribution >= 0.6 is 0 Å². The van der Waals surface area contributed by atoms with Gasteiger partial charge in [0, 0.05) is 17.3 Å². The van der Waals surface area contributed by atoms with Gasteiger partial charge in [-0.15, -0.1) is 0 Å². The number of nitrogens with one attached hydrogen (secondary N) is 2. The van der Waals surface area contributed by atoms with E-state index in [-0.39, 0.29) is 17.9 Å². The van der Waals surface area contributed by atoms with Crippen LogP contribution < -0.4 is 15.4 Å². The molecule has 0 spiro atoms. The normalized spacial score (nSPS) is 15.3. The minimum atomic E-state index is -0.651. The van der Waals surface area contributed by atoms with Crippen molar-refractivity contribution in [2.24, 2.45) is 0 Å². The standard InChI is InChI=1S/C21H24N2O3/c1-15(22-21(25)16-8-3-2-4-9-16)20(24)23-17-10-7-13-19(14-17)26-18-11-5-6-12-18/h2-4,7-10,13-15,18H,5-6,11-12H2,1H3,(H,22,25)(H,23,24). The molecular formula is C21H24N2O3. The third-order valence-corrected chi connectivity index (χ3v) is 4.48. The lowest BCUT2D eigenvalue weighted by Crippen LogP contribution is -2.41. The van der Waals surface area contributed by atoms with Crippen LogP contribution in [0.2, 0.25) is 0 Å². The Morgan fingerprint density at radius 1 is 1.04 bits per heavy atom. The Kier molecular flexibility index (Phi) is 5.89. The van der Waals surface area contributed by atoms with Gasteiger partial charge >= 0.3 is 0 Å². The number of hydrogen-bond donors (Lipinski definition) is 2. The molecule has 5 nitrogen and oxygen atoms in total. The van der Waals surface area contributed by atoms with Crippen molar-refractivity contribution in [2.45, 2.75) is 44.8 Å². The molecule has 0 aromatic heterocycles. The zero-order valence-corrected chi connectivity index (χ0v) is 14.9. The molecule has 1 atom stereocenters. The van der Waals surface area contributed by atoms with E-state index in [0.29, 0.717) is 11.3 Å². The molecule has 1 fully saturated rings. The van der Waals surface area contributed by atoms with Crippen molar-refractivity contribution < 1.29 is 14.3 Å². The summed E-state index contributed by atoms with van der Waals surface area (Å²) in [5, 5.41) is 5.54. The zero-order valence-electron chi connectivity index (χ0n) is 14.9. The number of benzene rings is 2. The lowest BCUT2D eigenvalue weighted by molar-refractivity contribution is -0.117. The van der Waals surface area contributed by atoms with E-state index in [1.165, 1.54) is 12.8 Å². The summed E-state index contributed by atoms with van der Waals surface area (Å²) in [6, 6.07) is 15.6. The van der Waals surface area contributed by atoms with Crippen molar-refractivity contribution in [3.63, 3.8) is 0 Å². The van der Waals surface area contributed by atoms with Crippen LogP contribution in [0, 0.1) is 0 Å². The molecule has 0 heterocycles. The minimum absolute atomic E-state index is 0.269. The Labute approximate surface area is 153 Å². The second-order valence-corrected chi connectivity index (χ2v) is 6.60. The van der Waals surface area contributed by atoms with E-state index in [9.17, 15) is 9.59 Å². The topological polar surface area (TPSA) is 67.4 Å². The fourth-order valence-corrected chi connectivity index (χ4v) is 3.03. The van der Waals surface area contributed by atoms with Gasteiger partial charge in [-0.2, -0.15) is 0 Å². The summed E-state index contributed by atoms with van der Waals surface area (Å²) in [5.41, 5.74) is 1.19. The van der Waals surface area contributed by atoms with Crippen molar-refractivity contribution in [1.29, 1.82) is 0 Å². The number of amides is 2. The maximum absolute atomic E-state index is 12.4. The van der Waals surface area contributed by atoms with Gasteiger partial charge in [-0.3, -0.25) is 9.59 Å². The monoisotopic (exact) mass is 352 g/mol. The van der Waals surface area contributed by atoms with Crippen LogP contribution in [0.25, 0.3) is 0 Å². The lowest BCUT2D eigenvalue weighted by atomic mass is 10.2. The lowest BCUT2D eigenvalue weighted by Gasteiger charge is -2.16. The van der Waals surface area contributed by atoms with Crippen LogP contribution in [0.3, 0.4) is 0 Å². The van der Waals surface area contributed by atoms with Crippen LogP contribution in [-0.2, 0) is 4.79 Å². The largest absolute Gasteiger partial charge is 0.490 e. The second kappa shape index (κ2) is 8.52. The first kappa shape index (κ1) is 18.0. The predicted molar refractivity (Wildman–Crippen MR) is 101 cm³/mol. The summed E-state index contributed by atoms with van der Waals surface area (Å²) in [5.74, 6) is 0.217. The van der Waals surface area contributed by atoms with Gasteiger partial charge in [-0.1, -0.05) is 24.3 Å². The Bertz CT molecular complexity index is 755. The van der Waals surface area contributed by atoms with Crippen molar-refractivity contribution >= 4 is 17.5 Å². The number of anilines is 1. The van der Waals surface area contributed by atoms with E-state index in [1.54, 1.807) is 31.2 Å². The van der Waals surface area contributed by atoms with Gasteiger partial charge in [0.25, 0.3) is 5.91 Å². The van der Waals surface area contributed by atoms with Crippen LogP contribution in [0.5, 0.6) is 5.75 Å². The fraction of sp³-hybridized carbons (Fsp3) is 0.333. The van der Waals surface area contributed by atoms with Crippen molar-refractivity contribution in [3.8, 4) is 5.75 Å². The molecule has 1 aliphatic rings. The first-order valence-electron chi connectivity index (χ1n) is 9.05. The second-order valence-electron chi connectivity index (χ2n) is 6.60. The molecule has 1 saturated carbocycles. The molecule has 2 aromatic carbocycles. The summed E-state index contributed by atoms with van der Waals surface area (Å²) >= 11 is 0. The molecule has 5 heteroatoms. The molecule has 136 valence electrons. The number of carbonyl (C=O) groups is 2. The van der Waals surface area contributed by atoms with Gasteiger partial charge < -0.3 is 15.4 Å². The molecule has 1 aliphatic carbocycles. The molecule has 3 rings (SSSR count). The minimum Gasteiger partial charge on any atom is -0.490 e. The van der Waals surface area contributed by atoms with Gasteiger partial charge in [0.05, 0.1) is 6.10 Å². The van der Waals surface area contributed by atoms with Crippen molar-refractivity contribution in [2.75, 3.05) is 5.32 Å². The summed E-state index contributed by atoms with van der Waals surface area (Å²) < 4.78 is 5.96. The van der Waals surface area contributed by atoms with E-state index in [1.807, 2.05) is 30.3 Å². The SMILES string of the molecule is CC(NC(=O)c1ccccc1)C(=O)Nc1cccc(OC2CCCC2)c1. The highest BCUT2D eigenvalue weighted by molar-refractivity contribution is 6.00. The fourth-order valence-electron chi connectivity index (χ4n) is 3.03. The molecule has 1 unspecified atom stereocenters. The maximum atomic E-state index is 12.4. The molecule has 0 radical (unpaired) electrons. The molecule has 2 N–H and O–H groups in total. The number of ether oxygens (including phenoxy) is 1. The highest BCUT2D eigenvalue weighted by atomic mass is 16.5. The number of carbonyl (C=O) groups excluding carboxylic acids is 2. The Morgan fingerprint density at radius 2 is 1.77 bits per heavy atom. The third-order valence-electron chi connectivity index (χ3n) is 4.48. The van der Waals surface area contributed by atoms with Gasteiger partial charge in [-0.25, -0.2) is 0 Å². The summed E-state index contributed by atoms with van der Waals surface area (Å²) in [7, 11) is 0. The van der Waals surface area contributed by atoms with Crippen molar-refractivity contribution in [1.82, 2.24) is 5.32 Å². The highest BCUT2D eigenvalue weighted by Crippen LogP contribution is 2.25. The average Bonchev–Trinajstić information content (AvgIpc) is 3.15. The van der Waals surface area contributed by atoms with E-state index in [4.69, 9.17) is 4.74 Å². The predicted octanol–water partition coefficient (Wildman–Crippen LogP) is 3.77. The van der Waals surface area contributed by atoms with Crippen molar-refractivity contribution in [3.05, 3.63) is 60.2 Å². The Morgan fingerprint density at radius 3 is 2.50 bits per heavy atom. The smallest absolute Gasteiger partial charge is 0.251 e. The molecule has 26 heavy (non-hydrogen) atoms. The molecule has 0 bridgehead atoms. The summed E-state index contributed by atoms with van der Waals surface area (Å²) in [6.45, 7) is 1.66. The van der Waals surface area contributed by atoms with E-state index < -0.39 is 6.04 Å². The maximum Gasteiger partial charge on any atom is 0.251 e. The first-order valence-corrected chi connectivity index (χ1v) is 9.05. The zero-order chi connectivity index (χ0) is 18.4. The quantitative estimate of drug-likeness (QED) is 0.832. The van der Waals surface area contributed by atoms with Crippen LogP contribution in [0.1, 0.15) is 43.0 Å². The van der Waals surface area contributed by atoms with E-state index in [0.717, 1.165) is 18.6 Å². The number of hydrogen-bond acceptors (Lipinski definition) is 3. The van der Waals surface area contributed by atoms with Gasteiger partial charge in [-0.05, 0) is 56.9 Å². The van der Waals surface area contributed by atoms with Crippen LogP contribution in [-0.4, -0.2) is 24.0 Å². The summed E-state index contributed by atoms with van der Waals surface area (Å²) in [4.78, 5) is 24.5. The molecule has 0 saturated heterocycles. The van der Waals surface area contributed by atoms with Crippen LogP contribution in [0.15, 0.2) is 54.6 Å². The summed E-state index contributed by atoms with van der Waals surface area (Å²) in [6.07, 6.45) is 4.85. The van der Waals surface area contributed by atoms with Gasteiger partial charge in [0.2, 0.25) is 5.91 Å². The van der Waals surface area contributed by atoms with Crippen LogP contribution in [0.4, 0.5) is 5.69 Å². The Balaban J connectivity index is 1.56. The van der Waals surface area contributed by atoms with E-state index >= 15 is 0 Å². The molecule has 0 aliphatic heterocycles.